The fraction of sp³-hybridized carbons (Fsp3) is 0.300. The molecule has 1 aliphatic rings. The van der Waals surface area contributed by atoms with Crippen molar-refractivity contribution in [3.63, 3.8) is 0 Å². The Balaban J connectivity index is 2.32. The zero-order valence-corrected chi connectivity index (χ0v) is 9.21. The Kier molecular flexibility index (Phi) is 1.85. The molecule has 0 radical (unpaired) electrons. The van der Waals surface area contributed by atoms with Gasteiger partial charge in [0.05, 0.1) is 11.4 Å². The zero-order chi connectivity index (χ0) is 9.54. The number of nitrogens with zero attached hydrogens (tertiary/aromatic N) is 2. The van der Waals surface area contributed by atoms with Crippen LogP contribution in [-0.4, -0.2) is 15.9 Å². The molecule has 4 heteroatoms. The monoisotopic (exact) mass is 251 g/mol. The van der Waals surface area contributed by atoms with E-state index in [1.54, 1.807) is 0 Å². The molecular weight excluding hydrogens is 242 g/mol. The maximum Gasteiger partial charge on any atom is 0.137 e. The van der Waals surface area contributed by atoms with Crippen LogP contribution < -0.4 is 5.32 Å². The van der Waals surface area contributed by atoms with E-state index in [4.69, 9.17) is 0 Å². The molecule has 0 saturated heterocycles. The van der Waals surface area contributed by atoms with Gasteiger partial charge in [0.15, 0.2) is 0 Å². The van der Waals surface area contributed by atoms with E-state index >= 15 is 0 Å². The predicted octanol–water partition coefficient (Wildman–Crippen LogP) is 1.74. The summed E-state index contributed by atoms with van der Waals surface area (Å²) in [4.78, 5) is 4.60. The summed E-state index contributed by atoms with van der Waals surface area (Å²) in [5, 5.41) is 3.36. The normalized spacial score (nSPS) is 15.8. The molecule has 0 aromatic carbocycles. The lowest BCUT2D eigenvalue weighted by Gasteiger charge is -2.11. The van der Waals surface area contributed by atoms with Gasteiger partial charge in [-0.05, 0) is 28.1 Å². The molecule has 3 nitrogen and oxygen atoms in total. The van der Waals surface area contributed by atoms with Crippen LogP contribution in [0.25, 0.3) is 5.65 Å². The summed E-state index contributed by atoms with van der Waals surface area (Å²) in [6, 6.07) is 4.07. The molecule has 0 aliphatic carbocycles. The van der Waals surface area contributed by atoms with Gasteiger partial charge in [-0.2, -0.15) is 0 Å². The SMILES string of the molecule is Brc1ccc2nc3c(n2c1)CNCC3. The van der Waals surface area contributed by atoms with Gasteiger partial charge in [0.2, 0.25) is 0 Å². The number of aromatic nitrogens is 2. The third kappa shape index (κ3) is 1.18. The number of imidazole rings is 1. The molecule has 0 bridgehead atoms. The molecule has 2 aromatic rings. The summed E-state index contributed by atoms with van der Waals surface area (Å²) in [5.74, 6) is 0. The summed E-state index contributed by atoms with van der Waals surface area (Å²) in [5.41, 5.74) is 3.58. The minimum absolute atomic E-state index is 0.924. The summed E-state index contributed by atoms with van der Waals surface area (Å²) in [6.07, 6.45) is 3.11. The van der Waals surface area contributed by atoms with Crippen molar-refractivity contribution in [1.29, 1.82) is 0 Å². The molecule has 0 spiro atoms. The first kappa shape index (κ1) is 8.44. The third-order valence-electron chi connectivity index (χ3n) is 2.60. The highest BCUT2D eigenvalue weighted by molar-refractivity contribution is 9.10. The van der Waals surface area contributed by atoms with Gasteiger partial charge in [-0.15, -0.1) is 0 Å². The Bertz CT molecular complexity index is 489. The average molecular weight is 252 g/mol. The Labute approximate surface area is 90.3 Å². The molecular formula is C10H10BrN3. The zero-order valence-electron chi connectivity index (χ0n) is 7.63. The van der Waals surface area contributed by atoms with Gasteiger partial charge in [0.1, 0.15) is 5.65 Å². The smallest absolute Gasteiger partial charge is 0.137 e. The van der Waals surface area contributed by atoms with Crippen LogP contribution in [-0.2, 0) is 13.0 Å². The maximum atomic E-state index is 4.60. The number of fused-ring (bicyclic) bond motifs is 3. The van der Waals surface area contributed by atoms with Crippen LogP contribution >= 0.6 is 15.9 Å². The van der Waals surface area contributed by atoms with E-state index in [1.165, 1.54) is 11.4 Å². The maximum absolute atomic E-state index is 4.60. The topological polar surface area (TPSA) is 29.3 Å². The van der Waals surface area contributed by atoms with Gasteiger partial charge in [-0.25, -0.2) is 4.98 Å². The van der Waals surface area contributed by atoms with Crippen LogP contribution in [0, 0.1) is 0 Å². The van der Waals surface area contributed by atoms with Gasteiger partial charge in [-0.3, -0.25) is 0 Å². The largest absolute Gasteiger partial charge is 0.311 e. The number of nitrogens with one attached hydrogen (secondary N) is 1. The standard InChI is InChI=1S/C10H10BrN3/c11-7-1-2-10-13-8-3-4-12-5-9(8)14(10)6-7/h1-2,6,12H,3-5H2. The van der Waals surface area contributed by atoms with Crippen molar-refractivity contribution in [3.8, 4) is 0 Å². The highest BCUT2D eigenvalue weighted by Gasteiger charge is 2.15. The summed E-state index contributed by atoms with van der Waals surface area (Å²) in [7, 11) is 0. The van der Waals surface area contributed by atoms with E-state index in [1.807, 2.05) is 12.1 Å². The molecule has 0 amide bonds. The second-order valence-corrected chi connectivity index (χ2v) is 4.42. The van der Waals surface area contributed by atoms with Crippen molar-refractivity contribution in [1.82, 2.24) is 14.7 Å². The van der Waals surface area contributed by atoms with Crippen LogP contribution in [0.15, 0.2) is 22.8 Å². The molecule has 0 saturated carbocycles. The van der Waals surface area contributed by atoms with E-state index in [2.05, 4.69) is 36.8 Å². The molecule has 0 atom stereocenters. The summed E-state index contributed by atoms with van der Waals surface area (Å²) >= 11 is 3.48. The third-order valence-corrected chi connectivity index (χ3v) is 3.06. The Morgan fingerprint density at radius 2 is 2.36 bits per heavy atom. The van der Waals surface area contributed by atoms with Gasteiger partial charge in [-0.1, -0.05) is 0 Å². The first-order valence-electron chi connectivity index (χ1n) is 4.71. The number of hydrogen-bond donors (Lipinski definition) is 1. The van der Waals surface area contributed by atoms with E-state index < -0.39 is 0 Å². The molecule has 2 aromatic heterocycles. The van der Waals surface area contributed by atoms with Gasteiger partial charge < -0.3 is 9.72 Å². The van der Waals surface area contributed by atoms with Crippen molar-refractivity contribution < 1.29 is 0 Å². The van der Waals surface area contributed by atoms with Crippen molar-refractivity contribution in [2.75, 3.05) is 6.54 Å². The molecule has 3 rings (SSSR count). The Morgan fingerprint density at radius 1 is 1.43 bits per heavy atom. The number of rotatable bonds is 0. The first-order valence-corrected chi connectivity index (χ1v) is 5.50. The van der Waals surface area contributed by atoms with Crippen LogP contribution in [0.1, 0.15) is 11.4 Å². The highest BCUT2D eigenvalue weighted by Crippen LogP contribution is 2.18. The first-order chi connectivity index (χ1) is 6.84. The van der Waals surface area contributed by atoms with Gasteiger partial charge >= 0.3 is 0 Å². The quantitative estimate of drug-likeness (QED) is 0.773. The van der Waals surface area contributed by atoms with Crippen LogP contribution in [0.4, 0.5) is 0 Å². The van der Waals surface area contributed by atoms with Crippen molar-refractivity contribution in [2.45, 2.75) is 13.0 Å². The number of halogens is 1. The van der Waals surface area contributed by atoms with Crippen LogP contribution in [0.2, 0.25) is 0 Å². The fourth-order valence-electron chi connectivity index (χ4n) is 1.92. The van der Waals surface area contributed by atoms with E-state index in [-0.39, 0.29) is 0 Å². The lowest BCUT2D eigenvalue weighted by Crippen LogP contribution is -2.24. The minimum atomic E-state index is 0.924. The summed E-state index contributed by atoms with van der Waals surface area (Å²) in [6.45, 7) is 1.96. The van der Waals surface area contributed by atoms with E-state index in [9.17, 15) is 0 Å². The molecule has 14 heavy (non-hydrogen) atoms. The highest BCUT2D eigenvalue weighted by atomic mass is 79.9. The van der Waals surface area contributed by atoms with Gasteiger partial charge in [0.25, 0.3) is 0 Å². The molecule has 72 valence electrons. The number of pyridine rings is 1. The molecule has 3 heterocycles. The summed E-state index contributed by atoms with van der Waals surface area (Å²) < 4.78 is 3.25. The van der Waals surface area contributed by atoms with Crippen LogP contribution in [0.3, 0.4) is 0 Å². The van der Waals surface area contributed by atoms with Gasteiger partial charge in [0, 0.05) is 30.2 Å². The molecule has 0 fully saturated rings. The second kappa shape index (κ2) is 3.07. The van der Waals surface area contributed by atoms with Crippen molar-refractivity contribution >= 4 is 21.6 Å². The van der Waals surface area contributed by atoms with E-state index in [0.29, 0.717) is 0 Å². The second-order valence-electron chi connectivity index (χ2n) is 3.51. The lowest BCUT2D eigenvalue weighted by molar-refractivity contribution is 0.621. The lowest BCUT2D eigenvalue weighted by atomic mass is 10.2. The average Bonchev–Trinajstić information content (AvgIpc) is 2.56. The Morgan fingerprint density at radius 3 is 3.29 bits per heavy atom. The molecule has 0 unspecified atom stereocenters. The molecule has 1 N–H and O–H groups in total. The number of hydrogen-bond acceptors (Lipinski definition) is 2. The predicted molar refractivity (Wildman–Crippen MR) is 58.3 cm³/mol. The fourth-order valence-corrected chi connectivity index (χ4v) is 2.25. The Hall–Kier alpha value is -0.870. The van der Waals surface area contributed by atoms with Crippen molar-refractivity contribution in [3.05, 3.63) is 34.2 Å². The minimum Gasteiger partial charge on any atom is -0.311 e. The van der Waals surface area contributed by atoms with E-state index in [0.717, 1.165) is 29.6 Å². The molecule has 1 aliphatic heterocycles. The van der Waals surface area contributed by atoms with Crippen molar-refractivity contribution in [2.24, 2.45) is 0 Å². The van der Waals surface area contributed by atoms with Crippen LogP contribution in [0.5, 0.6) is 0 Å².